The molecule has 4 N–H and O–H groups in total. The van der Waals surface area contributed by atoms with E-state index < -0.39 is 5.60 Å². The van der Waals surface area contributed by atoms with Gasteiger partial charge in [-0.15, -0.1) is 0 Å². The lowest BCUT2D eigenvalue weighted by Crippen LogP contribution is -2.54. The van der Waals surface area contributed by atoms with E-state index in [1.165, 1.54) is 18.4 Å². The maximum Gasteiger partial charge on any atom is 0.191 e. The van der Waals surface area contributed by atoms with E-state index in [4.69, 9.17) is 0 Å². The molecule has 1 aromatic heterocycles. The van der Waals surface area contributed by atoms with Gasteiger partial charge in [-0.3, -0.25) is 4.68 Å². The first-order chi connectivity index (χ1) is 14.8. The fourth-order valence-corrected chi connectivity index (χ4v) is 4.33. The molecule has 0 spiro atoms. The Bertz CT molecular complexity index is 839. The first-order valence-corrected chi connectivity index (χ1v) is 11.4. The molecule has 1 aliphatic rings. The van der Waals surface area contributed by atoms with Crippen LogP contribution in [0.3, 0.4) is 0 Å². The molecule has 170 valence electrons. The van der Waals surface area contributed by atoms with Crippen molar-refractivity contribution in [2.45, 2.75) is 63.6 Å². The molecule has 7 nitrogen and oxygen atoms in total. The van der Waals surface area contributed by atoms with Crippen LogP contribution in [0, 0.1) is 0 Å². The van der Waals surface area contributed by atoms with Gasteiger partial charge < -0.3 is 21.1 Å². The summed E-state index contributed by atoms with van der Waals surface area (Å²) in [5, 5.41) is 25.8. The largest absolute Gasteiger partial charge is 0.383 e. The van der Waals surface area contributed by atoms with Crippen molar-refractivity contribution in [3.8, 4) is 0 Å². The van der Waals surface area contributed by atoms with E-state index in [9.17, 15) is 5.11 Å². The van der Waals surface area contributed by atoms with Crippen molar-refractivity contribution in [2.75, 3.05) is 19.6 Å². The topological polar surface area (TPSA) is 86.5 Å². The summed E-state index contributed by atoms with van der Waals surface area (Å²) < 4.78 is 1.69. The smallest absolute Gasteiger partial charge is 0.191 e. The summed E-state index contributed by atoms with van der Waals surface area (Å²) in [6.07, 6.45) is 8.28. The monoisotopic (exact) mass is 426 g/mol. The second-order valence-electron chi connectivity index (χ2n) is 8.99. The van der Waals surface area contributed by atoms with Crippen LogP contribution in [-0.2, 0) is 12.6 Å². The summed E-state index contributed by atoms with van der Waals surface area (Å²) in [5.41, 5.74) is 1.04. The molecule has 0 amide bonds. The van der Waals surface area contributed by atoms with Crippen LogP contribution in [0.15, 0.2) is 47.7 Å². The lowest BCUT2D eigenvalue weighted by atomic mass is 9.94. The molecular weight excluding hydrogens is 388 g/mol. The number of aryl methyl sites for hydroxylation is 1. The van der Waals surface area contributed by atoms with E-state index in [1.807, 2.05) is 13.2 Å². The molecule has 1 heterocycles. The Balaban J connectivity index is 1.65. The van der Waals surface area contributed by atoms with Crippen LogP contribution < -0.4 is 16.0 Å². The second-order valence-corrected chi connectivity index (χ2v) is 8.99. The number of nitrogens with one attached hydrogen (secondary N) is 3. The van der Waals surface area contributed by atoms with E-state index in [0.717, 1.165) is 37.5 Å². The minimum atomic E-state index is -1.07. The fraction of sp³-hybridized carbons (Fsp3) is 0.583. The molecule has 2 aromatic rings. The maximum absolute atomic E-state index is 10.9. The van der Waals surface area contributed by atoms with Gasteiger partial charge in [-0.25, -0.2) is 4.99 Å². The van der Waals surface area contributed by atoms with Gasteiger partial charge in [0.1, 0.15) is 5.60 Å². The van der Waals surface area contributed by atoms with Gasteiger partial charge in [-0.1, -0.05) is 43.2 Å². The number of nitrogens with zero attached hydrogens (tertiary/aromatic N) is 3. The van der Waals surface area contributed by atoms with E-state index >= 15 is 0 Å². The lowest BCUT2D eigenvalue weighted by Gasteiger charge is -2.35. The van der Waals surface area contributed by atoms with Gasteiger partial charge in [0, 0.05) is 43.5 Å². The number of aromatic nitrogens is 2. The summed E-state index contributed by atoms with van der Waals surface area (Å²) in [4.78, 5) is 4.68. The molecule has 7 heteroatoms. The number of benzene rings is 1. The van der Waals surface area contributed by atoms with Crippen molar-refractivity contribution in [2.24, 2.45) is 12.0 Å². The summed E-state index contributed by atoms with van der Waals surface area (Å²) in [7, 11) is 1.85. The van der Waals surface area contributed by atoms with Gasteiger partial charge in [0.15, 0.2) is 5.96 Å². The molecule has 0 aliphatic heterocycles. The normalized spacial score (nSPS) is 19.1. The molecule has 3 rings (SSSR count). The van der Waals surface area contributed by atoms with Crippen LogP contribution in [0.4, 0.5) is 0 Å². The van der Waals surface area contributed by atoms with Crippen LogP contribution in [0.2, 0.25) is 0 Å². The molecule has 0 radical (unpaired) electrons. The summed E-state index contributed by atoms with van der Waals surface area (Å²) in [6, 6.07) is 10.9. The van der Waals surface area contributed by atoms with E-state index in [-0.39, 0.29) is 18.1 Å². The Morgan fingerprint density at radius 3 is 2.58 bits per heavy atom. The first kappa shape index (κ1) is 23.3. The van der Waals surface area contributed by atoms with Crippen LogP contribution in [-0.4, -0.2) is 46.0 Å². The number of rotatable bonds is 9. The zero-order valence-corrected chi connectivity index (χ0v) is 19.4. The first-order valence-electron chi connectivity index (χ1n) is 11.4. The van der Waals surface area contributed by atoms with Crippen molar-refractivity contribution in [1.82, 2.24) is 25.7 Å². The fourth-order valence-electron chi connectivity index (χ4n) is 4.33. The molecule has 1 saturated carbocycles. The standard InChI is InChI=1S/C24H38N6O/c1-5-25-22(26-17-23(3,31)21-15-28-30(4)16-21)27-18-24(13-9-10-14-24)29-19(2)20-11-7-6-8-12-20/h6-8,11-12,15-16,19,29,31H,5,9-10,13-14,17-18H2,1-4H3,(H2,25,26,27). The van der Waals surface area contributed by atoms with Crippen LogP contribution in [0.1, 0.15) is 63.6 Å². The van der Waals surface area contributed by atoms with Crippen molar-refractivity contribution in [3.05, 3.63) is 53.9 Å². The predicted octanol–water partition coefficient (Wildman–Crippen LogP) is 2.85. The Labute approximate surface area is 186 Å². The highest BCUT2D eigenvalue weighted by Gasteiger charge is 2.35. The maximum atomic E-state index is 10.9. The molecule has 0 bridgehead atoms. The lowest BCUT2D eigenvalue weighted by molar-refractivity contribution is 0.0671. The van der Waals surface area contributed by atoms with Gasteiger partial charge in [-0.2, -0.15) is 5.10 Å². The number of aliphatic imine (C=N–C) groups is 1. The Kier molecular flexibility index (Phi) is 7.73. The molecule has 1 aromatic carbocycles. The third-order valence-corrected chi connectivity index (χ3v) is 6.19. The minimum Gasteiger partial charge on any atom is -0.383 e. The van der Waals surface area contributed by atoms with Crippen molar-refractivity contribution >= 4 is 5.96 Å². The highest BCUT2D eigenvalue weighted by Crippen LogP contribution is 2.32. The molecular formula is C24H38N6O. The van der Waals surface area contributed by atoms with Gasteiger partial charge in [-0.05, 0) is 39.2 Å². The zero-order valence-electron chi connectivity index (χ0n) is 19.4. The quantitative estimate of drug-likeness (QED) is 0.366. The molecule has 1 fully saturated rings. The van der Waals surface area contributed by atoms with E-state index in [1.54, 1.807) is 17.8 Å². The van der Waals surface area contributed by atoms with Crippen LogP contribution in [0.25, 0.3) is 0 Å². The average molecular weight is 427 g/mol. The summed E-state index contributed by atoms with van der Waals surface area (Å²) in [5.74, 6) is 0.729. The van der Waals surface area contributed by atoms with Crippen LogP contribution >= 0.6 is 0 Å². The third-order valence-electron chi connectivity index (χ3n) is 6.19. The second kappa shape index (κ2) is 10.3. The molecule has 31 heavy (non-hydrogen) atoms. The number of guanidine groups is 1. The Morgan fingerprint density at radius 2 is 1.97 bits per heavy atom. The average Bonchev–Trinajstić information content (AvgIpc) is 3.41. The van der Waals surface area contributed by atoms with Crippen molar-refractivity contribution < 1.29 is 5.11 Å². The van der Waals surface area contributed by atoms with Gasteiger partial charge >= 0.3 is 0 Å². The van der Waals surface area contributed by atoms with Crippen molar-refractivity contribution in [3.63, 3.8) is 0 Å². The van der Waals surface area contributed by atoms with E-state index in [0.29, 0.717) is 0 Å². The number of hydrogen-bond donors (Lipinski definition) is 4. The van der Waals surface area contributed by atoms with E-state index in [2.05, 4.69) is 70.2 Å². The predicted molar refractivity (Wildman–Crippen MR) is 126 cm³/mol. The van der Waals surface area contributed by atoms with Gasteiger partial charge in [0.05, 0.1) is 12.7 Å². The molecule has 1 aliphatic carbocycles. The van der Waals surface area contributed by atoms with Gasteiger partial charge in [0.2, 0.25) is 0 Å². The minimum absolute atomic E-state index is 0.0390. The van der Waals surface area contributed by atoms with Gasteiger partial charge in [0.25, 0.3) is 0 Å². The molecule has 2 unspecified atom stereocenters. The molecule has 0 saturated heterocycles. The zero-order chi connectivity index (χ0) is 22.3. The Hall–Kier alpha value is -2.38. The SMILES string of the molecule is CCNC(=NCC(C)(O)c1cnn(C)c1)NCC1(NC(C)c2ccccc2)CCCC1. The Morgan fingerprint density at radius 1 is 1.26 bits per heavy atom. The van der Waals surface area contributed by atoms with Crippen molar-refractivity contribution in [1.29, 1.82) is 0 Å². The molecule has 2 atom stereocenters. The highest BCUT2D eigenvalue weighted by atomic mass is 16.3. The number of aliphatic hydroxyl groups is 1. The summed E-state index contributed by atoms with van der Waals surface area (Å²) >= 11 is 0. The highest BCUT2D eigenvalue weighted by molar-refractivity contribution is 5.79. The third kappa shape index (κ3) is 6.31. The number of hydrogen-bond acceptors (Lipinski definition) is 4. The van der Waals surface area contributed by atoms with Crippen LogP contribution in [0.5, 0.6) is 0 Å². The summed E-state index contributed by atoms with van der Waals surface area (Å²) in [6.45, 7) is 7.89.